The highest BCUT2D eigenvalue weighted by atomic mass is 35.5. The molecule has 2 aliphatic rings. The Balaban J connectivity index is 0.00000380. The van der Waals surface area contributed by atoms with Crippen molar-refractivity contribution in [2.24, 2.45) is 11.8 Å². The van der Waals surface area contributed by atoms with Crippen molar-refractivity contribution in [3.8, 4) is 0 Å². The summed E-state index contributed by atoms with van der Waals surface area (Å²) in [6.45, 7) is 7.81. The van der Waals surface area contributed by atoms with E-state index in [1.165, 1.54) is 38.8 Å². The first-order chi connectivity index (χ1) is 17.5. The van der Waals surface area contributed by atoms with Gasteiger partial charge in [-0.1, -0.05) is 24.3 Å². The molecular weight excluding hydrogens is 506 g/mol. The molecule has 2 heterocycles. The van der Waals surface area contributed by atoms with Gasteiger partial charge in [0.15, 0.2) is 0 Å². The van der Waals surface area contributed by atoms with Crippen LogP contribution in [0.3, 0.4) is 0 Å². The van der Waals surface area contributed by atoms with Gasteiger partial charge in [-0.3, -0.25) is 0 Å². The van der Waals surface area contributed by atoms with E-state index in [4.69, 9.17) is 0 Å². The summed E-state index contributed by atoms with van der Waals surface area (Å²) in [7, 11) is 0.459. The predicted octanol–water partition coefficient (Wildman–Crippen LogP) is 3.69. The molecule has 0 bridgehead atoms. The normalized spacial score (nSPS) is 18.1. The molecule has 2 fully saturated rings. The number of anilines is 1. The van der Waals surface area contributed by atoms with Gasteiger partial charge in [0.25, 0.3) is 0 Å². The van der Waals surface area contributed by atoms with Crippen LogP contribution in [0.2, 0.25) is 0 Å². The second-order valence-corrected chi connectivity index (χ2v) is 12.6. The van der Waals surface area contributed by atoms with Crippen LogP contribution in [0, 0.1) is 11.8 Å². The largest absolute Gasteiger partial charge is 0.377 e. The number of fused-ring (bicyclic) bond motifs is 1. The molecule has 2 saturated heterocycles. The number of benzene rings is 2. The summed E-state index contributed by atoms with van der Waals surface area (Å²) in [6.07, 6.45) is 6.81. The van der Waals surface area contributed by atoms with E-state index in [0.717, 1.165) is 61.4 Å². The Hall–Kier alpha value is -1.42. The molecule has 0 spiro atoms. The fraction of sp³-hybridized carbons (Fsp3) is 0.643. The first-order valence-corrected chi connectivity index (χ1v) is 15.2. The molecule has 0 aliphatic carbocycles. The van der Waals surface area contributed by atoms with Crippen LogP contribution >= 0.6 is 12.4 Å². The maximum atomic E-state index is 13.6. The second kappa shape index (κ2) is 14.7. The van der Waals surface area contributed by atoms with E-state index in [9.17, 15) is 8.42 Å². The van der Waals surface area contributed by atoms with Crippen molar-refractivity contribution >= 4 is 38.9 Å². The van der Waals surface area contributed by atoms with Crippen LogP contribution in [-0.4, -0.2) is 79.2 Å². The van der Waals surface area contributed by atoms with Crippen molar-refractivity contribution in [1.29, 1.82) is 0 Å². The zero-order valence-corrected chi connectivity index (χ0v) is 24.2. The lowest BCUT2D eigenvalue weighted by Gasteiger charge is -2.31. The molecule has 4 rings (SSSR count). The van der Waals surface area contributed by atoms with E-state index < -0.39 is 10.0 Å². The lowest BCUT2D eigenvalue weighted by atomic mass is 9.98. The number of halogens is 1. The van der Waals surface area contributed by atoms with E-state index in [2.05, 4.69) is 16.0 Å². The number of hydrogen-bond donors (Lipinski definition) is 3. The van der Waals surface area contributed by atoms with Gasteiger partial charge in [0.2, 0.25) is 10.0 Å². The molecule has 37 heavy (non-hydrogen) atoms. The maximum Gasteiger partial charge on any atom is 0.243 e. The highest BCUT2D eigenvalue weighted by Gasteiger charge is 2.30. The highest BCUT2D eigenvalue weighted by molar-refractivity contribution is 7.89. The minimum Gasteiger partial charge on any atom is -0.377 e. The number of unbranched alkanes of at least 4 members (excludes halogenated alkanes) is 1. The first-order valence-electron chi connectivity index (χ1n) is 13.8. The molecule has 7 nitrogen and oxygen atoms in total. The van der Waals surface area contributed by atoms with Gasteiger partial charge < -0.3 is 20.9 Å². The Morgan fingerprint density at radius 3 is 2.05 bits per heavy atom. The third-order valence-electron chi connectivity index (χ3n) is 7.81. The lowest BCUT2D eigenvalue weighted by Crippen LogP contribution is -2.40. The fourth-order valence-electron chi connectivity index (χ4n) is 5.57. The summed E-state index contributed by atoms with van der Waals surface area (Å²) in [6, 6.07) is 11.5. The molecule has 2 aliphatic heterocycles. The lowest BCUT2D eigenvalue weighted by molar-refractivity contribution is 0.267. The number of rotatable bonds is 12. The van der Waals surface area contributed by atoms with Gasteiger partial charge in [-0.15, -0.1) is 12.4 Å². The molecule has 9 heteroatoms. The molecule has 0 radical (unpaired) electrons. The number of nitrogens with zero attached hydrogens (tertiary/aromatic N) is 2. The van der Waals surface area contributed by atoms with Crippen molar-refractivity contribution in [2.75, 3.05) is 71.4 Å². The summed E-state index contributed by atoms with van der Waals surface area (Å²) >= 11 is 0. The van der Waals surface area contributed by atoms with Gasteiger partial charge in [0.05, 0.1) is 4.90 Å². The van der Waals surface area contributed by atoms with Crippen LogP contribution in [-0.2, 0) is 10.0 Å². The zero-order valence-electron chi connectivity index (χ0n) is 22.5. The van der Waals surface area contributed by atoms with Crippen LogP contribution in [0.5, 0.6) is 0 Å². The summed E-state index contributed by atoms with van der Waals surface area (Å²) < 4.78 is 28.8. The van der Waals surface area contributed by atoms with E-state index in [-0.39, 0.29) is 12.4 Å². The Bertz CT molecular complexity index is 1070. The average molecular weight is 552 g/mol. The second-order valence-electron chi connectivity index (χ2n) is 10.7. The van der Waals surface area contributed by atoms with E-state index in [1.807, 2.05) is 49.3 Å². The van der Waals surface area contributed by atoms with Gasteiger partial charge in [-0.25, -0.2) is 8.42 Å². The third kappa shape index (κ3) is 8.04. The molecule has 0 unspecified atom stereocenters. The standard InChI is InChI=1S/C28H45N5O2S.ClH/c1-32(2)27-9-5-8-26-25(27)7-6-10-28(26)36(34,35)33-19-13-24(14-20-33)22-31-16-4-3-15-30-21-23-11-17-29-18-12-23;/h5-10,23-24,29-31H,3-4,11-22H2,1-2H3;1H. The van der Waals surface area contributed by atoms with Gasteiger partial charge >= 0.3 is 0 Å². The van der Waals surface area contributed by atoms with E-state index in [1.54, 1.807) is 10.4 Å². The molecule has 3 N–H and O–H groups in total. The van der Waals surface area contributed by atoms with Crippen molar-refractivity contribution in [2.45, 2.75) is 43.4 Å². The number of piperidine rings is 2. The number of sulfonamides is 1. The highest BCUT2D eigenvalue weighted by Crippen LogP contribution is 2.33. The number of nitrogens with one attached hydrogen (secondary N) is 3. The van der Waals surface area contributed by atoms with Crippen LogP contribution in [0.1, 0.15) is 38.5 Å². The summed E-state index contributed by atoms with van der Waals surface area (Å²) in [4.78, 5) is 2.46. The molecule has 0 aromatic heterocycles. The quantitative estimate of drug-likeness (QED) is 0.349. The minimum absolute atomic E-state index is 0. The molecule has 0 saturated carbocycles. The Kier molecular flexibility index (Phi) is 11.9. The monoisotopic (exact) mass is 551 g/mol. The van der Waals surface area contributed by atoms with Gasteiger partial charge in [0, 0.05) is 43.6 Å². The van der Waals surface area contributed by atoms with Gasteiger partial charge in [0.1, 0.15) is 0 Å². The molecule has 2 aromatic carbocycles. The van der Waals surface area contributed by atoms with Gasteiger partial charge in [-0.2, -0.15) is 4.31 Å². The first kappa shape index (κ1) is 30.1. The van der Waals surface area contributed by atoms with Crippen molar-refractivity contribution < 1.29 is 8.42 Å². The Morgan fingerprint density at radius 1 is 0.865 bits per heavy atom. The summed E-state index contributed by atoms with van der Waals surface area (Å²) in [5.74, 6) is 1.39. The average Bonchev–Trinajstić information content (AvgIpc) is 2.90. The summed E-state index contributed by atoms with van der Waals surface area (Å²) in [5, 5.41) is 12.4. The SMILES string of the molecule is CN(C)c1cccc2c(S(=O)(=O)N3CCC(CNCCCCNCC4CCNCC4)CC3)cccc12.Cl. The topological polar surface area (TPSA) is 76.7 Å². The minimum atomic E-state index is -3.52. The number of hydrogen-bond acceptors (Lipinski definition) is 6. The molecular formula is C28H46ClN5O2S. The van der Waals surface area contributed by atoms with Crippen LogP contribution in [0.25, 0.3) is 10.8 Å². The van der Waals surface area contributed by atoms with Crippen LogP contribution in [0.15, 0.2) is 41.3 Å². The zero-order chi connectivity index (χ0) is 25.4. The predicted molar refractivity (Wildman–Crippen MR) is 158 cm³/mol. The Morgan fingerprint density at radius 2 is 1.43 bits per heavy atom. The van der Waals surface area contributed by atoms with Gasteiger partial charge in [-0.05, 0) is 102 Å². The molecule has 0 amide bonds. The van der Waals surface area contributed by atoms with E-state index >= 15 is 0 Å². The third-order valence-corrected chi connectivity index (χ3v) is 9.77. The smallest absolute Gasteiger partial charge is 0.243 e. The van der Waals surface area contributed by atoms with Crippen molar-refractivity contribution in [3.63, 3.8) is 0 Å². The van der Waals surface area contributed by atoms with Crippen LogP contribution < -0.4 is 20.9 Å². The van der Waals surface area contributed by atoms with Crippen molar-refractivity contribution in [1.82, 2.24) is 20.3 Å². The van der Waals surface area contributed by atoms with E-state index in [0.29, 0.717) is 23.9 Å². The Labute approximate surface area is 230 Å². The summed E-state index contributed by atoms with van der Waals surface area (Å²) in [5.41, 5.74) is 1.03. The van der Waals surface area contributed by atoms with Crippen LogP contribution in [0.4, 0.5) is 5.69 Å². The van der Waals surface area contributed by atoms with Crippen molar-refractivity contribution in [3.05, 3.63) is 36.4 Å². The fourth-order valence-corrected chi connectivity index (χ4v) is 7.25. The molecule has 208 valence electrons. The molecule has 2 aromatic rings. The molecule has 0 atom stereocenters. The maximum absolute atomic E-state index is 13.6.